The second-order valence-electron chi connectivity index (χ2n) is 8.04. The number of carbonyl (C=O) groups is 2. The zero-order chi connectivity index (χ0) is 22.3. The van der Waals surface area contributed by atoms with Gasteiger partial charge in [0, 0.05) is 18.7 Å². The number of aryl methyl sites for hydroxylation is 2. The van der Waals surface area contributed by atoms with Gasteiger partial charge in [0.1, 0.15) is 17.6 Å². The van der Waals surface area contributed by atoms with Gasteiger partial charge in [0.2, 0.25) is 5.91 Å². The van der Waals surface area contributed by atoms with E-state index in [1.54, 1.807) is 25.1 Å². The molecule has 6 heteroatoms. The van der Waals surface area contributed by atoms with E-state index in [0.717, 1.165) is 11.1 Å². The molecule has 162 valence electrons. The van der Waals surface area contributed by atoms with Gasteiger partial charge in [0.05, 0.1) is 0 Å². The largest absolute Gasteiger partial charge is 0.484 e. The van der Waals surface area contributed by atoms with Crippen molar-refractivity contribution in [2.45, 2.75) is 47.2 Å². The first-order valence-corrected chi connectivity index (χ1v) is 10.2. The highest BCUT2D eigenvalue weighted by atomic mass is 19.1. The zero-order valence-electron chi connectivity index (χ0n) is 18.4. The Hall–Kier alpha value is -2.89. The lowest BCUT2D eigenvalue weighted by Crippen LogP contribution is -2.49. The Balaban J connectivity index is 2.17. The number of hydrogen-bond donors (Lipinski definition) is 1. The minimum Gasteiger partial charge on any atom is -0.484 e. The van der Waals surface area contributed by atoms with Crippen LogP contribution in [0.4, 0.5) is 4.39 Å². The number of ether oxygens (including phenoxy) is 1. The molecule has 2 aromatic rings. The van der Waals surface area contributed by atoms with Gasteiger partial charge in [-0.25, -0.2) is 4.39 Å². The number of nitrogens with one attached hydrogen (secondary N) is 1. The van der Waals surface area contributed by atoms with Crippen molar-refractivity contribution in [3.8, 4) is 5.75 Å². The molecule has 0 heterocycles. The number of carbonyl (C=O) groups excluding carboxylic acids is 2. The first kappa shape index (κ1) is 23.4. The second kappa shape index (κ2) is 10.8. The Morgan fingerprint density at radius 3 is 2.30 bits per heavy atom. The van der Waals surface area contributed by atoms with Crippen molar-refractivity contribution in [2.24, 2.45) is 5.92 Å². The molecule has 0 aliphatic carbocycles. The van der Waals surface area contributed by atoms with E-state index in [1.807, 2.05) is 45.9 Å². The summed E-state index contributed by atoms with van der Waals surface area (Å²) in [7, 11) is 0. The molecule has 5 nitrogen and oxygen atoms in total. The summed E-state index contributed by atoms with van der Waals surface area (Å²) >= 11 is 0. The fourth-order valence-electron chi connectivity index (χ4n) is 3.09. The molecule has 0 saturated carbocycles. The Labute approximate surface area is 178 Å². The first-order chi connectivity index (χ1) is 14.2. The quantitative estimate of drug-likeness (QED) is 0.674. The highest BCUT2D eigenvalue weighted by Crippen LogP contribution is 2.17. The Kier molecular flexibility index (Phi) is 8.39. The van der Waals surface area contributed by atoms with Crippen LogP contribution in [0.25, 0.3) is 0 Å². The summed E-state index contributed by atoms with van der Waals surface area (Å²) in [6, 6.07) is 11.2. The van der Waals surface area contributed by atoms with E-state index in [1.165, 1.54) is 11.0 Å². The van der Waals surface area contributed by atoms with E-state index in [4.69, 9.17) is 4.74 Å². The van der Waals surface area contributed by atoms with Crippen LogP contribution in [0.15, 0.2) is 42.5 Å². The topological polar surface area (TPSA) is 58.6 Å². The van der Waals surface area contributed by atoms with Crippen molar-refractivity contribution in [2.75, 3.05) is 13.2 Å². The normalized spacial score (nSPS) is 11.8. The van der Waals surface area contributed by atoms with Gasteiger partial charge in [-0.2, -0.15) is 0 Å². The third-order valence-electron chi connectivity index (χ3n) is 4.71. The molecule has 2 aromatic carbocycles. The number of amides is 2. The predicted octanol–water partition coefficient (Wildman–Crippen LogP) is 4.01. The van der Waals surface area contributed by atoms with E-state index in [2.05, 4.69) is 5.32 Å². The van der Waals surface area contributed by atoms with Crippen molar-refractivity contribution in [1.82, 2.24) is 10.2 Å². The third kappa shape index (κ3) is 6.87. The predicted molar refractivity (Wildman–Crippen MR) is 116 cm³/mol. The standard InChI is InChI=1S/C24H31FN2O3/c1-16(2)13-26-24(29)19(5)27(14-20-8-6-7-9-22(20)25)23(28)15-30-21-11-17(3)10-18(4)12-21/h6-12,16,19H,13-15H2,1-5H3,(H,26,29)/t19-/m1/s1. The first-order valence-electron chi connectivity index (χ1n) is 10.2. The lowest BCUT2D eigenvalue weighted by Gasteiger charge is -2.29. The molecule has 0 aromatic heterocycles. The summed E-state index contributed by atoms with van der Waals surface area (Å²) in [5, 5.41) is 2.84. The molecule has 0 bridgehead atoms. The number of rotatable bonds is 9. The maximum Gasteiger partial charge on any atom is 0.261 e. The number of nitrogens with zero attached hydrogens (tertiary/aromatic N) is 1. The molecule has 0 unspecified atom stereocenters. The second-order valence-corrected chi connectivity index (χ2v) is 8.04. The summed E-state index contributed by atoms with van der Waals surface area (Å²) < 4.78 is 19.9. The Morgan fingerprint density at radius 2 is 1.70 bits per heavy atom. The molecule has 0 fully saturated rings. The summed E-state index contributed by atoms with van der Waals surface area (Å²) in [5.74, 6) is -0.210. The molecule has 1 N–H and O–H groups in total. The van der Waals surface area contributed by atoms with Crippen LogP contribution in [0.5, 0.6) is 5.75 Å². The van der Waals surface area contributed by atoms with Gasteiger partial charge in [0.15, 0.2) is 6.61 Å². The average Bonchev–Trinajstić information content (AvgIpc) is 2.68. The van der Waals surface area contributed by atoms with Gasteiger partial charge in [-0.15, -0.1) is 0 Å². The van der Waals surface area contributed by atoms with Crippen LogP contribution in [0, 0.1) is 25.6 Å². The van der Waals surface area contributed by atoms with Crippen LogP contribution in [0.1, 0.15) is 37.5 Å². The zero-order valence-corrected chi connectivity index (χ0v) is 18.4. The van der Waals surface area contributed by atoms with Gasteiger partial charge < -0.3 is 15.0 Å². The van der Waals surface area contributed by atoms with Gasteiger partial charge in [-0.1, -0.05) is 38.1 Å². The van der Waals surface area contributed by atoms with Crippen LogP contribution >= 0.6 is 0 Å². The van der Waals surface area contributed by atoms with Crippen molar-refractivity contribution in [3.63, 3.8) is 0 Å². The smallest absolute Gasteiger partial charge is 0.261 e. The van der Waals surface area contributed by atoms with Crippen molar-refractivity contribution in [3.05, 3.63) is 65.0 Å². The summed E-state index contributed by atoms with van der Waals surface area (Å²) in [6.07, 6.45) is 0. The molecule has 30 heavy (non-hydrogen) atoms. The van der Waals surface area contributed by atoms with Gasteiger partial charge in [-0.05, 0) is 56.0 Å². The van der Waals surface area contributed by atoms with Gasteiger partial charge in [-0.3, -0.25) is 9.59 Å². The van der Waals surface area contributed by atoms with Crippen molar-refractivity contribution >= 4 is 11.8 Å². The third-order valence-corrected chi connectivity index (χ3v) is 4.71. The van der Waals surface area contributed by atoms with Gasteiger partial charge in [0.25, 0.3) is 5.91 Å². The molecule has 1 atom stereocenters. The molecule has 0 aliphatic rings. The molecule has 0 aliphatic heterocycles. The van der Waals surface area contributed by atoms with Crippen LogP contribution in [-0.4, -0.2) is 35.9 Å². The summed E-state index contributed by atoms with van der Waals surface area (Å²) in [4.78, 5) is 26.9. The molecule has 0 spiro atoms. The Bertz CT molecular complexity index is 862. The van der Waals surface area contributed by atoms with E-state index in [-0.39, 0.29) is 30.9 Å². The van der Waals surface area contributed by atoms with E-state index < -0.39 is 11.9 Å². The highest BCUT2D eigenvalue weighted by Gasteiger charge is 2.27. The summed E-state index contributed by atoms with van der Waals surface area (Å²) in [6.45, 7) is 9.78. The van der Waals surface area contributed by atoms with Crippen LogP contribution in [0.2, 0.25) is 0 Å². The molecule has 2 amide bonds. The average molecular weight is 415 g/mol. The van der Waals surface area contributed by atoms with E-state index >= 15 is 0 Å². The number of benzene rings is 2. The summed E-state index contributed by atoms with van der Waals surface area (Å²) in [5.41, 5.74) is 2.41. The SMILES string of the molecule is Cc1cc(C)cc(OCC(=O)N(Cc2ccccc2F)[C@H](C)C(=O)NCC(C)C)c1. The van der Waals surface area contributed by atoms with Crippen LogP contribution in [0.3, 0.4) is 0 Å². The van der Waals surface area contributed by atoms with Gasteiger partial charge >= 0.3 is 0 Å². The maximum absolute atomic E-state index is 14.2. The number of hydrogen-bond acceptors (Lipinski definition) is 3. The number of halogens is 1. The molecule has 0 saturated heterocycles. The minimum absolute atomic E-state index is 0.0159. The van der Waals surface area contributed by atoms with E-state index in [9.17, 15) is 14.0 Å². The minimum atomic E-state index is -0.765. The molecule has 2 rings (SSSR count). The lowest BCUT2D eigenvalue weighted by atomic mass is 10.1. The monoisotopic (exact) mass is 414 g/mol. The van der Waals surface area contributed by atoms with Crippen LogP contribution < -0.4 is 10.1 Å². The fraction of sp³-hybridized carbons (Fsp3) is 0.417. The molecule has 0 radical (unpaired) electrons. The van der Waals surface area contributed by atoms with Crippen molar-refractivity contribution < 1.29 is 18.7 Å². The molecular formula is C24H31FN2O3. The van der Waals surface area contributed by atoms with Crippen molar-refractivity contribution in [1.29, 1.82) is 0 Å². The maximum atomic E-state index is 14.2. The van der Waals surface area contributed by atoms with Crippen LogP contribution in [-0.2, 0) is 16.1 Å². The molecular weight excluding hydrogens is 383 g/mol. The fourth-order valence-corrected chi connectivity index (χ4v) is 3.09. The van der Waals surface area contributed by atoms with E-state index in [0.29, 0.717) is 17.9 Å². The lowest BCUT2D eigenvalue weighted by molar-refractivity contribution is -0.142. The Morgan fingerprint density at radius 1 is 1.07 bits per heavy atom. The highest BCUT2D eigenvalue weighted by molar-refractivity contribution is 5.88.